The highest BCUT2D eigenvalue weighted by Gasteiger charge is 2.13. The summed E-state index contributed by atoms with van der Waals surface area (Å²) in [4.78, 5) is 0. The van der Waals surface area contributed by atoms with Gasteiger partial charge in [-0.1, -0.05) is 19.8 Å². The van der Waals surface area contributed by atoms with Crippen LogP contribution in [0.3, 0.4) is 0 Å². The van der Waals surface area contributed by atoms with Gasteiger partial charge >= 0.3 is 0 Å². The molecule has 15 heavy (non-hydrogen) atoms. The molecule has 0 spiro atoms. The summed E-state index contributed by atoms with van der Waals surface area (Å²) >= 11 is 2.07. The molecule has 3 heteroatoms. The summed E-state index contributed by atoms with van der Waals surface area (Å²) in [5.41, 5.74) is 0. The van der Waals surface area contributed by atoms with E-state index in [2.05, 4.69) is 24.0 Å². The molecule has 0 aromatic heterocycles. The minimum Gasteiger partial charge on any atom is -0.377 e. The van der Waals surface area contributed by atoms with Crippen molar-refractivity contribution in [3.8, 4) is 0 Å². The van der Waals surface area contributed by atoms with Crippen molar-refractivity contribution in [3.05, 3.63) is 0 Å². The number of rotatable bonds is 9. The van der Waals surface area contributed by atoms with Crippen molar-refractivity contribution >= 4 is 11.8 Å². The number of hydrogen-bond acceptors (Lipinski definition) is 3. The molecule has 0 aliphatic carbocycles. The molecule has 1 saturated heterocycles. The number of hydrogen-bond donors (Lipinski definition) is 1. The molecule has 90 valence electrons. The highest BCUT2D eigenvalue weighted by atomic mass is 32.2. The van der Waals surface area contributed by atoms with E-state index in [4.69, 9.17) is 4.74 Å². The molecular formula is C12H25NOS. The van der Waals surface area contributed by atoms with Crippen LogP contribution in [0.5, 0.6) is 0 Å². The lowest BCUT2D eigenvalue weighted by molar-refractivity contribution is 0.110. The number of thioether (sulfide) groups is 1. The van der Waals surface area contributed by atoms with E-state index >= 15 is 0 Å². The van der Waals surface area contributed by atoms with Gasteiger partial charge in [-0.25, -0.2) is 0 Å². The maximum Gasteiger partial charge on any atom is 0.0700 e. The summed E-state index contributed by atoms with van der Waals surface area (Å²) < 4.78 is 5.54. The summed E-state index contributed by atoms with van der Waals surface area (Å²) in [6.07, 6.45) is 7.09. The quantitative estimate of drug-likeness (QED) is 0.617. The largest absolute Gasteiger partial charge is 0.377 e. The summed E-state index contributed by atoms with van der Waals surface area (Å²) in [5.74, 6) is 2.58. The van der Waals surface area contributed by atoms with E-state index in [1.807, 2.05) is 0 Å². The first-order chi connectivity index (χ1) is 7.43. The lowest BCUT2D eigenvalue weighted by Gasteiger charge is -2.10. The molecule has 0 bridgehead atoms. The molecule has 1 atom stereocenters. The molecule has 0 radical (unpaired) electrons. The molecule has 1 unspecified atom stereocenters. The molecule has 0 aromatic carbocycles. The number of unbranched alkanes of at least 4 members (excludes halogenated alkanes) is 2. The highest BCUT2D eigenvalue weighted by Crippen LogP contribution is 2.10. The van der Waals surface area contributed by atoms with Gasteiger partial charge in [0.15, 0.2) is 0 Å². The third kappa shape index (κ3) is 7.20. The Morgan fingerprint density at radius 1 is 1.33 bits per heavy atom. The highest BCUT2D eigenvalue weighted by molar-refractivity contribution is 7.99. The van der Waals surface area contributed by atoms with Gasteiger partial charge in [0, 0.05) is 25.4 Å². The van der Waals surface area contributed by atoms with E-state index in [-0.39, 0.29) is 0 Å². The van der Waals surface area contributed by atoms with Crippen LogP contribution in [-0.2, 0) is 4.74 Å². The second-order valence-electron chi connectivity index (χ2n) is 4.16. The lowest BCUT2D eigenvalue weighted by Crippen LogP contribution is -2.28. The van der Waals surface area contributed by atoms with E-state index in [1.165, 1.54) is 43.6 Å². The molecule has 0 amide bonds. The molecule has 2 nitrogen and oxygen atoms in total. The third-order valence-corrected chi connectivity index (χ3v) is 3.78. The third-order valence-electron chi connectivity index (χ3n) is 2.71. The van der Waals surface area contributed by atoms with Crippen molar-refractivity contribution in [2.45, 2.75) is 45.1 Å². The van der Waals surface area contributed by atoms with Gasteiger partial charge in [-0.2, -0.15) is 11.8 Å². The first-order valence-corrected chi connectivity index (χ1v) is 7.49. The maximum atomic E-state index is 5.54. The zero-order chi connectivity index (χ0) is 10.8. The SMILES string of the molecule is CCCCCSCCNCC1CCCO1. The van der Waals surface area contributed by atoms with Gasteiger partial charge in [0.05, 0.1) is 6.10 Å². The minimum absolute atomic E-state index is 0.495. The van der Waals surface area contributed by atoms with Crippen LogP contribution in [0.1, 0.15) is 39.0 Å². The Morgan fingerprint density at radius 3 is 3.00 bits per heavy atom. The summed E-state index contributed by atoms with van der Waals surface area (Å²) in [6.45, 7) is 5.41. The zero-order valence-corrected chi connectivity index (χ0v) is 10.8. The lowest BCUT2D eigenvalue weighted by atomic mass is 10.2. The van der Waals surface area contributed by atoms with Crippen LogP contribution in [0, 0.1) is 0 Å². The fraction of sp³-hybridized carbons (Fsp3) is 1.00. The van der Waals surface area contributed by atoms with Gasteiger partial charge in [-0.15, -0.1) is 0 Å². The van der Waals surface area contributed by atoms with Crippen LogP contribution in [0.2, 0.25) is 0 Å². The zero-order valence-electron chi connectivity index (χ0n) is 9.96. The molecule has 1 aliphatic rings. The monoisotopic (exact) mass is 231 g/mol. The fourth-order valence-corrected chi connectivity index (χ4v) is 2.67. The van der Waals surface area contributed by atoms with Gasteiger partial charge < -0.3 is 10.1 Å². The van der Waals surface area contributed by atoms with Crippen molar-refractivity contribution in [1.82, 2.24) is 5.32 Å². The molecule has 1 N–H and O–H groups in total. The summed E-state index contributed by atoms with van der Waals surface area (Å²) in [6, 6.07) is 0. The van der Waals surface area contributed by atoms with Gasteiger partial charge in [0.2, 0.25) is 0 Å². The maximum absolute atomic E-state index is 5.54. The van der Waals surface area contributed by atoms with Crippen LogP contribution >= 0.6 is 11.8 Å². The topological polar surface area (TPSA) is 21.3 Å². The normalized spacial score (nSPS) is 21.0. The van der Waals surface area contributed by atoms with Crippen LogP contribution in [0.15, 0.2) is 0 Å². The van der Waals surface area contributed by atoms with Crippen molar-refractivity contribution in [2.75, 3.05) is 31.2 Å². The Labute approximate surface area is 98.5 Å². The van der Waals surface area contributed by atoms with Crippen LogP contribution in [-0.4, -0.2) is 37.3 Å². The Morgan fingerprint density at radius 2 is 2.27 bits per heavy atom. The Balaban J connectivity index is 1.73. The van der Waals surface area contributed by atoms with Gasteiger partial charge in [0.1, 0.15) is 0 Å². The average Bonchev–Trinajstić information content (AvgIpc) is 2.75. The minimum atomic E-state index is 0.495. The Bertz CT molecular complexity index is 138. The predicted octanol–water partition coefficient (Wildman–Crippen LogP) is 2.68. The first-order valence-electron chi connectivity index (χ1n) is 6.33. The summed E-state index contributed by atoms with van der Waals surface area (Å²) in [5, 5.41) is 3.47. The molecule has 0 saturated carbocycles. The predicted molar refractivity (Wildman–Crippen MR) is 68.7 cm³/mol. The van der Waals surface area contributed by atoms with E-state index in [9.17, 15) is 0 Å². The smallest absolute Gasteiger partial charge is 0.0700 e. The van der Waals surface area contributed by atoms with Crippen molar-refractivity contribution in [1.29, 1.82) is 0 Å². The second kappa shape index (κ2) is 9.49. The fourth-order valence-electron chi connectivity index (χ4n) is 1.77. The molecule has 0 aromatic rings. The van der Waals surface area contributed by atoms with Crippen molar-refractivity contribution < 1.29 is 4.74 Å². The van der Waals surface area contributed by atoms with Crippen molar-refractivity contribution in [3.63, 3.8) is 0 Å². The average molecular weight is 231 g/mol. The van der Waals surface area contributed by atoms with Gasteiger partial charge in [-0.3, -0.25) is 0 Å². The molecular weight excluding hydrogens is 206 g/mol. The van der Waals surface area contributed by atoms with Gasteiger partial charge in [0.25, 0.3) is 0 Å². The number of nitrogens with one attached hydrogen (secondary N) is 1. The molecule has 1 heterocycles. The van der Waals surface area contributed by atoms with Crippen LogP contribution in [0.4, 0.5) is 0 Å². The van der Waals surface area contributed by atoms with E-state index < -0.39 is 0 Å². The molecule has 1 fully saturated rings. The Kier molecular flexibility index (Phi) is 8.44. The standard InChI is InChI=1S/C12H25NOS/c1-2-3-4-9-15-10-7-13-11-12-6-5-8-14-12/h12-13H,2-11H2,1H3. The van der Waals surface area contributed by atoms with Gasteiger partial charge in [-0.05, 0) is 25.0 Å². The van der Waals surface area contributed by atoms with Crippen LogP contribution < -0.4 is 5.32 Å². The Hall–Kier alpha value is 0.270. The van der Waals surface area contributed by atoms with Crippen LogP contribution in [0.25, 0.3) is 0 Å². The molecule has 1 rings (SSSR count). The van der Waals surface area contributed by atoms with E-state index in [0.717, 1.165) is 19.7 Å². The van der Waals surface area contributed by atoms with E-state index in [0.29, 0.717) is 6.10 Å². The van der Waals surface area contributed by atoms with Crippen molar-refractivity contribution in [2.24, 2.45) is 0 Å². The first kappa shape index (κ1) is 13.3. The van der Waals surface area contributed by atoms with E-state index in [1.54, 1.807) is 0 Å². The number of ether oxygens (including phenoxy) is 1. The summed E-state index contributed by atoms with van der Waals surface area (Å²) in [7, 11) is 0. The second-order valence-corrected chi connectivity index (χ2v) is 5.38. The molecule has 1 aliphatic heterocycles.